The van der Waals surface area contributed by atoms with Gasteiger partial charge in [-0.25, -0.2) is 4.39 Å². The van der Waals surface area contributed by atoms with Crippen LogP contribution in [0.2, 0.25) is 0 Å². The third-order valence-electron chi connectivity index (χ3n) is 2.32. The first-order chi connectivity index (χ1) is 6.59. The van der Waals surface area contributed by atoms with Crippen LogP contribution in [-0.4, -0.2) is 48.5 Å². The predicted molar refractivity (Wildman–Crippen MR) is 41.1 cm³/mol. The molecule has 2 saturated heterocycles. The fraction of sp³-hybridized carbons (Fsp3) is 0.875. The molecule has 2 aliphatic heterocycles. The fourth-order valence-corrected chi connectivity index (χ4v) is 1.67. The highest BCUT2D eigenvalue weighted by atomic mass is 19.1. The van der Waals surface area contributed by atoms with Crippen LogP contribution in [0.1, 0.15) is 6.92 Å². The van der Waals surface area contributed by atoms with E-state index < -0.39 is 36.7 Å². The van der Waals surface area contributed by atoms with Gasteiger partial charge in [0.2, 0.25) is 0 Å². The van der Waals surface area contributed by atoms with Gasteiger partial charge in [0.15, 0.2) is 18.6 Å². The smallest absolute Gasteiger partial charge is 0.303 e. The van der Waals surface area contributed by atoms with Crippen LogP contribution < -0.4 is 0 Å². The number of hydrogen-bond acceptors (Lipinski definition) is 5. The van der Waals surface area contributed by atoms with Crippen molar-refractivity contribution < 1.29 is 28.5 Å². The van der Waals surface area contributed by atoms with E-state index >= 15 is 0 Å². The van der Waals surface area contributed by atoms with E-state index in [1.807, 2.05) is 0 Å². The number of carbonyl (C=O) groups is 1. The lowest BCUT2D eigenvalue weighted by Crippen LogP contribution is -2.53. The minimum absolute atomic E-state index is 0.0840. The number of aliphatic hydroxyl groups excluding tert-OH is 1. The second-order valence-electron chi connectivity index (χ2n) is 3.39. The van der Waals surface area contributed by atoms with Crippen molar-refractivity contribution in [3.05, 3.63) is 0 Å². The van der Waals surface area contributed by atoms with Gasteiger partial charge in [-0.2, -0.15) is 0 Å². The Balaban J connectivity index is 2.10. The molecular weight excluding hydrogens is 195 g/mol. The van der Waals surface area contributed by atoms with E-state index in [0.29, 0.717) is 0 Å². The van der Waals surface area contributed by atoms with E-state index in [4.69, 9.17) is 9.47 Å². The molecule has 0 aromatic rings. The summed E-state index contributed by atoms with van der Waals surface area (Å²) in [6.07, 6.45) is -5.59. The molecule has 0 amide bonds. The zero-order chi connectivity index (χ0) is 10.3. The first-order valence-electron chi connectivity index (χ1n) is 4.36. The SMILES string of the molecule is CC(=O)O[C@@H]1[C@@H](O)[C@@H]2OC[C@@H](O2)[C@H]1F. The molecule has 1 N–H and O–H groups in total. The van der Waals surface area contributed by atoms with Gasteiger partial charge >= 0.3 is 5.97 Å². The van der Waals surface area contributed by atoms with Crippen LogP contribution >= 0.6 is 0 Å². The molecule has 2 fully saturated rings. The molecule has 0 aliphatic carbocycles. The first kappa shape index (κ1) is 9.82. The number of aliphatic hydroxyl groups is 1. The molecule has 0 radical (unpaired) electrons. The molecular formula is C8H11FO5. The Bertz CT molecular complexity index is 230. The Hall–Kier alpha value is -0.720. The molecule has 0 spiro atoms. The predicted octanol–water partition coefficient (Wildman–Crippen LogP) is -0.628. The molecule has 0 aromatic heterocycles. The van der Waals surface area contributed by atoms with Crippen molar-refractivity contribution in [2.45, 2.75) is 37.7 Å². The maximum absolute atomic E-state index is 13.5. The van der Waals surface area contributed by atoms with E-state index in [9.17, 15) is 14.3 Å². The number of carbonyl (C=O) groups excluding carboxylic acids is 1. The van der Waals surface area contributed by atoms with Crippen LogP contribution in [0.25, 0.3) is 0 Å². The number of halogens is 1. The minimum atomic E-state index is -1.53. The molecule has 0 unspecified atom stereocenters. The van der Waals surface area contributed by atoms with Crippen molar-refractivity contribution in [3.8, 4) is 0 Å². The van der Waals surface area contributed by atoms with E-state index in [2.05, 4.69) is 4.74 Å². The van der Waals surface area contributed by atoms with Gasteiger partial charge in [-0.15, -0.1) is 0 Å². The molecule has 5 nitrogen and oxygen atoms in total. The summed E-state index contributed by atoms with van der Waals surface area (Å²) < 4.78 is 28.1. The summed E-state index contributed by atoms with van der Waals surface area (Å²) in [5.41, 5.74) is 0. The Labute approximate surface area is 79.7 Å². The van der Waals surface area contributed by atoms with Gasteiger partial charge in [-0.1, -0.05) is 0 Å². The van der Waals surface area contributed by atoms with Crippen LogP contribution in [0.4, 0.5) is 4.39 Å². The first-order valence-corrected chi connectivity index (χ1v) is 4.36. The van der Waals surface area contributed by atoms with Crippen LogP contribution in [0, 0.1) is 0 Å². The van der Waals surface area contributed by atoms with Crippen molar-refractivity contribution in [1.82, 2.24) is 0 Å². The van der Waals surface area contributed by atoms with Gasteiger partial charge in [-0.05, 0) is 0 Å². The maximum atomic E-state index is 13.5. The number of rotatable bonds is 1. The Morgan fingerprint density at radius 3 is 3.00 bits per heavy atom. The number of ether oxygens (including phenoxy) is 3. The molecule has 2 aliphatic rings. The van der Waals surface area contributed by atoms with E-state index in [0.717, 1.165) is 6.92 Å². The van der Waals surface area contributed by atoms with Gasteiger partial charge in [0.05, 0.1) is 6.61 Å². The standard InChI is InChI=1S/C8H11FO5/c1-3(10)13-7-5(9)4-2-12-8(14-4)6(7)11/h4-8,11H,2H2,1H3/t4-,5-,6-,7+,8-/m1/s1. The monoisotopic (exact) mass is 206 g/mol. The number of esters is 1. The van der Waals surface area contributed by atoms with E-state index in [1.165, 1.54) is 0 Å². The second-order valence-corrected chi connectivity index (χ2v) is 3.39. The van der Waals surface area contributed by atoms with Gasteiger partial charge in [0.25, 0.3) is 0 Å². The van der Waals surface area contributed by atoms with Gasteiger partial charge < -0.3 is 19.3 Å². The quantitative estimate of drug-likeness (QED) is 0.579. The molecule has 5 atom stereocenters. The molecule has 2 bridgehead atoms. The summed E-state index contributed by atoms with van der Waals surface area (Å²) in [6, 6.07) is 0. The summed E-state index contributed by atoms with van der Waals surface area (Å²) in [5.74, 6) is -0.627. The number of fused-ring (bicyclic) bond motifs is 2. The molecule has 6 heteroatoms. The summed E-state index contributed by atoms with van der Waals surface area (Å²) in [4.78, 5) is 10.7. The highest BCUT2D eigenvalue weighted by molar-refractivity contribution is 5.66. The Morgan fingerprint density at radius 1 is 1.64 bits per heavy atom. The molecule has 2 rings (SSSR count). The van der Waals surface area contributed by atoms with Crippen LogP contribution in [0.3, 0.4) is 0 Å². The minimum Gasteiger partial charge on any atom is -0.456 e. The third-order valence-corrected chi connectivity index (χ3v) is 2.32. The van der Waals surface area contributed by atoms with Crippen LogP contribution in [0.5, 0.6) is 0 Å². The van der Waals surface area contributed by atoms with Crippen molar-refractivity contribution >= 4 is 5.97 Å². The summed E-state index contributed by atoms with van der Waals surface area (Å²) >= 11 is 0. The van der Waals surface area contributed by atoms with Crippen LogP contribution in [0.15, 0.2) is 0 Å². The van der Waals surface area contributed by atoms with Crippen molar-refractivity contribution in [2.24, 2.45) is 0 Å². The highest BCUT2D eigenvalue weighted by Crippen LogP contribution is 2.31. The molecule has 14 heavy (non-hydrogen) atoms. The lowest BCUT2D eigenvalue weighted by molar-refractivity contribution is -0.225. The molecule has 0 saturated carbocycles. The number of alkyl halides is 1. The van der Waals surface area contributed by atoms with E-state index in [1.54, 1.807) is 0 Å². The van der Waals surface area contributed by atoms with Crippen molar-refractivity contribution in [2.75, 3.05) is 6.61 Å². The summed E-state index contributed by atoms with van der Waals surface area (Å²) in [7, 11) is 0. The lowest BCUT2D eigenvalue weighted by Gasteiger charge is -2.33. The largest absolute Gasteiger partial charge is 0.456 e. The summed E-state index contributed by atoms with van der Waals surface area (Å²) in [5, 5.41) is 9.51. The zero-order valence-corrected chi connectivity index (χ0v) is 7.55. The third kappa shape index (κ3) is 1.49. The topological polar surface area (TPSA) is 65.0 Å². The second kappa shape index (κ2) is 3.45. The fourth-order valence-electron chi connectivity index (χ4n) is 1.67. The zero-order valence-electron chi connectivity index (χ0n) is 7.55. The van der Waals surface area contributed by atoms with Crippen molar-refractivity contribution in [3.63, 3.8) is 0 Å². The van der Waals surface area contributed by atoms with Gasteiger partial charge in [0.1, 0.15) is 12.2 Å². The average molecular weight is 206 g/mol. The normalized spacial score (nSPS) is 46.4. The van der Waals surface area contributed by atoms with Gasteiger partial charge in [0, 0.05) is 6.92 Å². The highest BCUT2D eigenvalue weighted by Gasteiger charge is 2.52. The maximum Gasteiger partial charge on any atom is 0.303 e. The molecule has 2 heterocycles. The molecule has 0 aromatic carbocycles. The average Bonchev–Trinajstić information content (AvgIpc) is 2.55. The lowest BCUT2D eigenvalue weighted by atomic mass is 10.0. The Morgan fingerprint density at radius 2 is 2.36 bits per heavy atom. The number of hydrogen-bond donors (Lipinski definition) is 1. The summed E-state index contributed by atoms with van der Waals surface area (Å²) in [6.45, 7) is 1.25. The van der Waals surface area contributed by atoms with Gasteiger partial charge in [-0.3, -0.25) is 4.79 Å². The van der Waals surface area contributed by atoms with E-state index in [-0.39, 0.29) is 6.61 Å². The van der Waals surface area contributed by atoms with Crippen molar-refractivity contribution in [1.29, 1.82) is 0 Å². The molecule has 80 valence electrons. The van der Waals surface area contributed by atoms with Crippen LogP contribution in [-0.2, 0) is 19.0 Å². The Kier molecular flexibility index (Phi) is 2.42.